The lowest BCUT2D eigenvalue weighted by molar-refractivity contribution is -0.880. The topological polar surface area (TPSA) is 66.7 Å². The van der Waals surface area contributed by atoms with Gasteiger partial charge in [-0.1, -0.05) is 12.1 Å². The second kappa shape index (κ2) is 7.20. The average molecular weight is 325 g/mol. The Morgan fingerprint density at radius 3 is 2.83 bits per heavy atom. The van der Waals surface area contributed by atoms with Crippen LogP contribution in [0.5, 0.6) is 5.75 Å². The highest BCUT2D eigenvalue weighted by atomic mass is 16.5. The standard InChI is InChI=1S/C18H20N4O2/c1-21-8-10-22(11-9-21)18-16(13-19)20-17(24-18)7-6-14-4-3-5-15(12-14)23-2/h3-7,12H,8-11H2,1-2H3/p+1/b7-6+. The summed E-state index contributed by atoms with van der Waals surface area (Å²) in [5.41, 5.74) is 1.33. The molecule has 6 heteroatoms. The number of quaternary nitrogens is 1. The van der Waals surface area contributed by atoms with Crippen LogP contribution in [0.2, 0.25) is 0 Å². The van der Waals surface area contributed by atoms with Crippen molar-refractivity contribution in [2.24, 2.45) is 0 Å². The lowest BCUT2D eigenvalue weighted by Crippen LogP contribution is -3.12. The highest BCUT2D eigenvalue weighted by Crippen LogP contribution is 2.23. The van der Waals surface area contributed by atoms with Crippen molar-refractivity contribution in [3.63, 3.8) is 0 Å². The molecule has 0 bridgehead atoms. The molecule has 0 spiro atoms. The monoisotopic (exact) mass is 325 g/mol. The van der Waals surface area contributed by atoms with E-state index in [1.807, 2.05) is 30.3 Å². The van der Waals surface area contributed by atoms with Gasteiger partial charge in [0.05, 0.1) is 40.3 Å². The minimum Gasteiger partial charge on any atom is -0.497 e. The van der Waals surface area contributed by atoms with E-state index in [1.165, 1.54) is 4.90 Å². The molecule has 6 nitrogen and oxygen atoms in total. The number of hydrogen-bond acceptors (Lipinski definition) is 5. The number of piperazine rings is 1. The maximum atomic E-state index is 9.32. The van der Waals surface area contributed by atoms with E-state index >= 15 is 0 Å². The van der Waals surface area contributed by atoms with Crippen LogP contribution >= 0.6 is 0 Å². The predicted octanol–water partition coefficient (Wildman–Crippen LogP) is 1.06. The molecule has 1 aromatic carbocycles. The van der Waals surface area contributed by atoms with Gasteiger partial charge >= 0.3 is 0 Å². The molecule has 0 unspecified atom stereocenters. The second-order valence-corrected chi connectivity index (χ2v) is 5.87. The molecule has 0 aliphatic carbocycles. The van der Waals surface area contributed by atoms with Crippen LogP contribution in [0.3, 0.4) is 0 Å². The van der Waals surface area contributed by atoms with E-state index in [0.29, 0.717) is 17.5 Å². The Hall–Kier alpha value is -2.78. The Balaban J connectivity index is 1.79. The van der Waals surface area contributed by atoms with Crippen molar-refractivity contribution in [1.29, 1.82) is 5.26 Å². The summed E-state index contributed by atoms with van der Waals surface area (Å²) in [6.07, 6.45) is 3.67. The van der Waals surface area contributed by atoms with E-state index in [2.05, 4.69) is 23.0 Å². The van der Waals surface area contributed by atoms with Gasteiger partial charge < -0.3 is 19.0 Å². The number of benzene rings is 1. The summed E-state index contributed by atoms with van der Waals surface area (Å²) >= 11 is 0. The molecule has 1 fully saturated rings. The van der Waals surface area contributed by atoms with Crippen LogP contribution < -0.4 is 14.5 Å². The maximum absolute atomic E-state index is 9.32. The number of oxazole rings is 1. The molecular weight excluding hydrogens is 304 g/mol. The summed E-state index contributed by atoms with van der Waals surface area (Å²) in [4.78, 5) is 7.87. The zero-order valence-electron chi connectivity index (χ0n) is 14.0. The molecule has 0 amide bonds. The van der Waals surface area contributed by atoms with Crippen LogP contribution in [0.1, 0.15) is 17.1 Å². The van der Waals surface area contributed by atoms with Gasteiger partial charge in [-0.25, -0.2) is 0 Å². The number of ether oxygens (including phenoxy) is 1. The first kappa shape index (κ1) is 16.1. The fourth-order valence-corrected chi connectivity index (χ4v) is 2.69. The number of rotatable bonds is 4. The SMILES string of the molecule is COc1cccc(/C=C/c2nc(C#N)c(N3CC[NH+](C)CC3)o2)c1. The smallest absolute Gasteiger partial charge is 0.235 e. The number of aromatic nitrogens is 1. The van der Waals surface area contributed by atoms with E-state index in [9.17, 15) is 5.26 Å². The number of methoxy groups -OCH3 is 1. The summed E-state index contributed by atoms with van der Waals surface area (Å²) in [6.45, 7) is 3.80. The third kappa shape index (κ3) is 3.58. The third-order valence-electron chi connectivity index (χ3n) is 4.15. The van der Waals surface area contributed by atoms with Gasteiger partial charge in [0.25, 0.3) is 0 Å². The number of likely N-dealkylation sites (N-methyl/N-ethyl adjacent to an activating group) is 1. The number of nitriles is 1. The summed E-state index contributed by atoms with van der Waals surface area (Å²) < 4.78 is 11.0. The minimum absolute atomic E-state index is 0.347. The molecule has 124 valence electrons. The van der Waals surface area contributed by atoms with Crippen molar-refractivity contribution in [2.75, 3.05) is 45.2 Å². The van der Waals surface area contributed by atoms with Gasteiger partial charge in [-0.2, -0.15) is 10.2 Å². The molecule has 0 radical (unpaired) electrons. The van der Waals surface area contributed by atoms with Crippen molar-refractivity contribution >= 4 is 18.0 Å². The minimum atomic E-state index is 0.347. The largest absolute Gasteiger partial charge is 0.497 e. The normalized spacial score (nSPS) is 15.6. The molecule has 1 aliphatic heterocycles. The molecule has 0 atom stereocenters. The summed E-state index contributed by atoms with van der Waals surface area (Å²) in [5.74, 6) is 1.81. The van der Waals surface area contributed by atoms with Crippen LogP contribution in [0.25, 0.3) is 12.2 Å². The van der Waals surface area contributed by atoms with Crippen molar-refractivity contribution in [2.45, 2.75) is 0 Å². The Labute approximate surface area is 141 Å². The van der Waals surface area contributed by atoms with Gasteiger partial charge in [-0.3, -0.25) is 0 Å². The maximum Gasteiger partial charge on any atom is 0.235 e. The van der Waals surface area contributed by atoms with Gasteiger partial charge in [0.15, 0.2) is 0 Å². The summed E-state index contributed by atoms with van der Waals surface area (Å²) in [6, 6.07) is 9.84. The van der Waals surface area contributed by atoms with E-state index in [4.69, 9.17) is 9.15 Å². The second-order valence-electron chi connectivity index (χ2n) is 5.87. The van der Waals surface area contributed by atoms with Crippen LogP contribution in [-0.4, -0.2) is 45.3 Å². The lowest BCUT2D eigenvalue weighted by atomic mass is 10.2. The predicted molar refractivity (Wildman–Crippen MR) is 92.0 cm³/mol. The highest BCUT2D eigenvalue weighted by Gasteiger charge is 2.23. The first-order valence-electron chi connectivity index (χ1n) is 7.99. The van der Waals surface area contributed by atoms with Gasteiger partial charge in [0, 0.05) is 6.08 Å². The lowest BCUT2D eigenvalue weighted by Gasteiger charge is -2.29. The van der Waals surface area contributed by atoms with Crippen molar-refractivity contribution < 1.29 is 14.1 Å². The molecule has 1 aliphatic rings. The molecule has 0 saturated carbocycles. The van der Waals surface area contributed by atoms with Gasteiger partial charge in [0.2, 0.25) is 17.5 Å². The van der Waals surface area contributed by atoms with Crippen LogP contribution in [0.4, 0.5) is 5.88 Å². The molecule has 1 N–H and O–H groups in total. The molecule has 3 rings (SSSR count). The fraction of sp³-hybridized carbons (Fsp3) is 0.333. The molecule has 1 aromatic heterocycles. The highest BCUT2D eigenvalue weighted by molar-refractivity contribution is 5.68. The number of nitrogens with one attached hydrogen (secondary N) is 1. The quantitative estimate of drug-likeness (QED) is 0.910. The summed E-state index contributed by atoms with van der Waals surface area (Å²) in [5, 5.41) is 9.32. The van der Waals surface area contributed by atoms with Crippen LogP contribution in [0, 0.1) is 11.3 Å². The van der Waals surface area contributed by atoms with E-state index in [-0.39, 0.29) is 0 Å². The van der Waals surface area contributed by atoms with Gasteiger partial charge in [-0.05, 0) is 23.8 Å². The van der Waals surface area contributed by atoms with Crippen LogP contribution in [0.15, 0.2) is 28.7 Å². The molecule has 1 saturated heterocycles. The van der Waals surface area contributed by atoms with E-state index in [1.54, 1.807) is 13.2 Å². The van der Waals surface area contributed by atoms with Crippen molar-refractivity contribution in [3.05, 3.63) is 41.4 Å². The first-order chi connectivity index (χ1) is 11.7. The van der Waals surface area contributed by atoms with Crippen molar-refractivity contribution in [3.8, 4) is 11.8 Å². The zero-order chi connectivity index (χ0) is 16.9. The Morgan fingerprint density at radius 2 is 2.12 bits per heavy atom. The van der Waals surface area contributed by atoms with Gasteiger partial charge in [-0.15, -0.1) is 0 Å². The number of hydrogen-bond donors (Lipinski definition) is 1. The molecule has 24 heavy (non-hydrogen) atoms. The summed E-state index contributed by atoms with van der Waals surface area (Å²) in [7, 11) is 3.81. The first-order valence-corrected chi connectivity index (χ1v) is 7.99. The Bertz CT molecular complexity index is 768. The van der Waals surface area contributed by atoms with E-state index in [0.717, 1.165) is 37.5 Å². The van der Waals surface area contributed by atoms with Gasteiger partial charge in [0.1, 0.15) is 11.8 Å². The van der Waals surface area contributed by atoms with Crippen LogP contribution in [-0.2, 0) is 0 Å². The molecule has 2 aromatic rings. The Kier molecular flexibility index (Phi) is 4.82. The average Bonchev–Trinajstić information content (AvgIpc) is 3.04. The fourth-order valence-electron chi connectivity index (χ4n) is 2.69. The number of anilines is 1. The number of nitrogens with zero attached hydrogens (tertiary/aromatic N) is 3. The van der Waals surface area contributed by atoms with E-state index < -0.39 is 0 Å². The Morgan fingerprint density at radius 1 is 1.33 bits per heavy atom. The molecule has 2 heterocycles. The van der Waals surface area contributed by atoms with Crippen molar-refractivity contribution in [1.82, 2.24) is 4.98 Å². The molecular formula is C18H21N4O2+. The third-order valence-corrected chi connectivity index (χ3v) is 4.15. The zero-order valence-corrected chi connectivity index (χ0v) is 14.0.